The summed E-state index contributed by atoms with van der Waals surface area (Å²) >= 11 is 2.38. The van der Waals surface area contributed by atoms with Crippen LogP contribution < -0.4 is 0 Å². The maximum Gasteiger partial charge on any atom is 0.192 e. The third-order valence-corrected chi connectivity index (χ3v) is 8.36. The minimum Gasteiger partial charge on any atom is -0.413 e. The predicted molar refractivity (Wildman–Crippen MR) is 66.6 cm³/mol. The average Bonchev–Trinajstić information content (AvgIpc) is 1.84. The minimum atomic E-state index is -1.49. The fourth-order valence-electron chi connectivity index (χ4n) is 0.711. The van der Waals surface area contributed by atoms with E-state index in [-0.39, 0.29) is 0 Å². The van der Waals surface area contributed by atoms with Crippen LogP contribution in [-0.4, -0.2) is 18.8 Å². The molecule has 3 heteroatoms. The molecule has 0 aliphatic heterocycles. The molecule has 0 aliphatic rings. The molecule has 1 atom stereocenters. The SMILES string of the molecule is C[C@H](CI)O[Si](C)(C)C(C)(C)C. The highest BCUT2D eigenvalue weighted by Crippen LogP contribution is 2.37. The Balaban J connectivity index is 4.22. The summed E-state index contributed by atoms with van der Waals surface area (Å²) < 4.78 is 7.17. The van der Waals surface area contributed by atoms with Crippen molar-refractivity contribution in [3.63, 3.8) is 0 Å². The molecule has 0 aromatic carbocycles. The average molecular weight is 300 g/mol. The summed E-state index contributed by atoms with van der Waals surface area (Å²) in [5.74, 6) is 0. The van der Waals surface area contributed by atoms with E-state index in [1.165, 1.54) is 0 Å². The van der Waals surface area contributed by atoms with Crippen molar-refractivity contribution in [3.05, 3.63) is 0 Å². The van der Waals surface area contributed by atoms with Gasteiger partial charge < -0.3 is 4.43 Å². The van der Waals surface area contributed by atoms with Crippen LogP contribution in [0.4, 0.5) is 0 Å². The van der Waals surface area contributed by atoms with E-state index >= 15 is 0 Å². The number of hydrogen-bond acceptors (Lipinski definition) is 1. The molecule has 0 bridgehead atoms. The Hall–Kier alpha value is 0.907. The van der Waals surface area contributed by atoms with E-state index in [2.05, 4.69) is 63.4 Å². The Kier molecular flexibility index (Phi) is 4.75. The Bertz CT molecular complexity index is 140. The second kappa shape index (κ2) is 4.42. The number of alkyl halides is 1. The van der Waals surface area contributed by atoms with Crippen molar-refractivity contribution in [1.82, 2.24) is 0 Å². The topological polar surface area (TPSA) is 9.23 Å². The van der Waals surface area contributed by atoms with Gasteiger partial charge in [-0.15, -0.1) is 0 Å². The van der Waals surface area contributed by atoms with Crippen molar-refractivity contribution < 1.29 is 4.43 Å². The van der Waals surface area contributed by atoms with Gasteiger partial charge in [-0.3, -0.25) is 0 Å². The zero-order valence-corrected chi connectivity index (χ0v) is 12.2. The lowest BCUT2D eigenvalue weighted by Gasteiger charge is -2.38. The highest BCUT2D eigenvalue weighted by molar-refractivity contribution is 14.1. The molecule has 0 amide bonds. The molecule has 0 spiro atoms. The van der Waals surface area contributed by atoms with Crippen LogP contribution in [0, 0.1) is 0 Å². The summed E-state index contributed by atoms with van der Waals surface area (Å²) in [6.07, 6.45) is 0.409. The standard InChI is InChI=1S/C9H21IOSi/c1-8(7-10)11-12(5,6)9(2,3)4/h8H,7H2,1-6H3/t8-/m1/s1. The van der Waals surface area contributed by atoms with Crippen molar-refractivity contribution in [2.45, 2.75) is 51.9 Å². The first-order valence-electron chi connectivity index (χ1n) is 4.44. The first-order valence-corrected chi connectivity index (χ1v) is 8.88. The number of rotatable bonds is 3. The van der Waals surface area contributed by atoms with Gasteiger partial charge in [0.2, 0.25) is 0 Å². The van der Waals surface area contributed by atoms with Gasteiger partial charge in [-0.25, -0.2) is 0 Å². The highest BCUT2D eigenvalue weighted by atomic mass is 127. The van der Waals surface area contributed by atoms with Crippen LogP contribution in [0.15, 0.2) is 0 Å². The van der Waals surface area contributed by atoms with Gasteiger partial charge >= 0.3 is 0 Å². The first-order chi connectivity index (χ1) is 5.20. The summed E-state index contributed by atoms with van der Waals surface area (Å²) in [5, 5.41) is 0.340. The molecule has 0 aliphatic carbocycles. The highest BCUT2D eigenvalue weighted by Gasteiger charge is 2.38. The zero-order chi connectivity index (χ0) is 9.99. The summed E-state index contributed by atoms with van der Waals surface area (Å²) in [5.41, 5.74) is 0. The third-order valence-electron chi connectivity index (χ3n) is 2.52. The van der Waals surface area contributed by atoms with Gasteiger partial charge in [0.25, 0.3) is 0 Å². The van der Waals surface area contributed by atoms with Crippen molar-refractivity contribution in [3.8, 4) is 0 Å². The molecule has 1 nitrogen and oxygen atoms in total. The Morgan fingerprint density at radius 2 is 1.75 bits per heavy atom. The maximum absolute atomic E-state index is 6.08. The first kappa shape index (κ1) is 12.9. The normalized spacial score (nSPS) is 16.2. The van der Waals surface area contributed by atoms with Crippen LogP contribution in [0.25, 0.3) is 0 Å². The van der Waals surface area contributed by atoms with Crippen molar-refractivity contribution in [2.75, 3.05) is 4.43 Å². The fraction of sp³-hybridized carbons (Fsp3) is 1.00. The molecule has 0 unspecified atom stereocenters. The van der Waals surface area contributed by atoms with Crippen molar-refractivity contribution in [2.24, 2.45) is 0 Å². The molecule has 0 rings (SSSR count). The molecule has 0 heterocycles. The van der Waals surface area contributed by atoms with Gasteiger partial charge in [-0.1, -0.05) is 43.4 Å². The van der Waals surface area contributed by atoms with E-state index in [9.17, 15) is 0 Å². The smallest absolute Gasteiger partial charge is 0.192 e. The lowest BCUT2D eigenvalue weighted by atomic mass is 10.2. The van der Waals surface area contributed by atoms with Crippen LogP contribution in [0.5, 0.6) is 0 Å². The number of halogens is 1. The van der Waals surface area contributed by atoms with Crippen LogP contribution in [0.1, 0.15) is 27.7 Å². The van der Waals surface area contributed by atoms with Crippen LogP contribution in [0.3, 0.4) is 0 Å². The Morgan fingerprint density at radius 3 is 2.00 bits per heavy atom. The predicted octanol–water partition coefficient (Wildman–Crippen LogP) is 3.83. The van der Waals surface area contributed by atoms with Gasteiger partial charge in [0.05, 0.1) is 6.10 Å². The summed E-state index contributed by atoms with van der Waals surface area (Å²) in [7, 11) is -1.49. The van der Waals surface area contributed by atoms with Gasteiger partial charge in [-0.2, -0.15) is 0 Å². The molecule has 0 radical (unpaired) electrons. The quantitative estimate of drug-likeness (QED) is 0.437. The van der Waals surface area contributed by atoms with E-state index < -0.39 is 8.32 Å². The van der Waals surface area contributed by atoms with E-state index in [4.69, 9.17) is 4.43 Å². The second-order valence-corrected chi connectivity index (χ2v) is 10.5. The van der Waals surface area contributed by atoms with E-state index in [0.717, 1.165) is 4.43 Å². The van der Waals surface area contributed by atoms with Crippen molar-refractivity contribution >= 4 is 30.9 Å². The molecule has 0 aromatic heterocycles. The van der Waals surface area contributed by atoms with E-state index in [0.29, 0.717) is 11.1 Å². The van der Waals surface area contributed by atoms with Gasteiger partial charge in [-0.05, 0) is 25.1 Å². The van der Waals surface area contributed by atoms with Crippen LogP contribution in [0.2, 0.25) is 18.1 Å². The van der Waals surface area contributed by atoms with Crippen LogP contribution >= 0.6 is 22.6 Å². The summed E-state index contributed by atoms with van der Waals surface area (Å²) in [6, 6.07) is 0. The van der Waals surface area contributed by atoms with E-state index in [1.54, 1.807) is 0 Å². The van der Waals surface area contributed by atoms with Gasteiger partial charge in [0.1, 0.15) is 0 Å². The molecule has 0 aromatic rings. The molecule has 0 saturated carbocycles. The maximum atomic E-state index is 6.08. The number of hydrogen-bond donors (Lipinski definition) is 0. The lowest BCUT2D eigenvalue weighted by Crippen LogP contribution is -2.43. The Labute approximate surface area is 91.5 Å². The molecule has 0 saturated heterocycles. The summed E-state index contributed by atoms with van der Waals surface area (Å²) in [4.78, 5) is 0. The molecule has 74 valence electrons. The lowest BCUT2D eigenvalue weighted by molar-refractivity contribution is 0.225. The second-order valence-electron chi connectivity index (χ2n) is 4.84. The van der Waals surface area contributed by atoms with Gasteiger partial charge in [0.15, 0.2) is 8.32 Å². The third kappa shape index (κ3) is 3.74. The monoisotopic (exact) mass is 300 g/mol. The molecule has 0 N–H and O–H groups in total. The van der Waals surface area contributed by atoms with Gasteiger partial charge in [0, 0.05) is 4.43 Å². The van der Waals surface area contributed by atoms with Crippen LogP contribution in [-0.2, 0) is 4.43 Å². The largest absolute Gasteiger partial charge is 0.413 e. The molecule has 0 fully saturated rings. The molecule has 12 heavy (non-hydrogen) atoms. The molecular formula is C9H21IOSi. The molecular weight excluding hydrogens is 279 g/mol. The van der Waals surface area contributed by atoms with Crippen molar-refractivity contribution in [1.29, 1.82) is 0 Å². The summed E-state index contributed by atoms with van der Waals surface area (Å²) in [6.45, 7) is 13.6. The fourth-order valence-corrected chi connectivity index (χ4v) is 2.67. The minimum absolute atomic E-state index is 0.340. The van der Waals surface area contributed by atoms with E-state index in [1.807, 2.05) is 0 Å². The zero-order valence-electron chi connectivity index (χ0n) is 9.07. The Morgan fingerprint density at radius 1 is 1.33 bits per heavy atom.